The molecule has 1 aliphatic rings. The maximum absolute atomic E-state index is 2.18. The average molecular weight is 51.9 g/mol. The number of rotatable bonds is 0. The van der Waals surface area contributed by atoms with Crippen LogP contribution in [0, 0.1) is 0 Å². The Balaban J connectivity index is 2.47. The molecular formula is C3H5B. The summed E-state index contributed by atoms with van der Waals surface area (Å²) in [5.74, 6) is 2.18. The second-order valence-corrected chi connectivity index (χ2v) is 1.05. The summed E-state index contributed by atoms with van der Waals surface area (Å²) in [6.45, 7) is 2.18. The van der Waals surface area contributed by atoms with Gasteiger partial charge < -0.3 is 0 Å². The summed E-state index contributed by atoms with van der Waals surface area (Å²) in [4.78, 5) is 0. The first-order valence-electron chi connectivity index (χ1n) is 1.65. The zero-order valence-corrected chi connectivity index (χ0v) is 2.57. The van der Waals surface area contributed by atoms with Crippen LogP contribution in [-0.2, 0) is 0 Å². The molecule has 0 unspecified atom stereocenters. The van der Waals surface area contributed by atoms with Crippen molar-refractivity contribution in [3.8, 4) is 0 Å². The van der Waals surface area contributed by atoms with Crippen LogP contribution in [0.3, 0.4) is 0 Å². The summed E-state index contributed by atoms with van der Waals surface area (Å²) in [5, 5.41) is 0. The Morgan fingerprint density at radius 1 is 1.75 bits per heavy atom. The van der Waals surface area contributed by atoms with Gasteiger partial charge in [0.2, 0.25) is 0 Å². The molecule has 4 heavy (non-hydrogen) atoms. The molecule has 1 rings (SSSR count). The van der Waals surface area contributed by atoms with Gasteiger partial charge in [-0.2, -0.15) is 0 Å². The van der Waals surface area contributed by atoms with E-state index in [-0.39, 0.29) is 0 Å². The monoisotopic (exact) mass is 52.0 g/mol. The first-order valence-corrected chi connectivity index (χ1v) is 1.65. The molecular weight excluding hydrogens is 46.8 g/mol. The van der Waals surface area contributed by atoms with Gasteiger partial charge in [-0.1, -0.05) is 0 Å². The van der Waals surface area contributed by atoms with Gasteiger partial charge in [0.05, 0.1) is 0 Å². The second-order valence-electron chi connectivity index (χ2n) is 1.05. The second kappa shape index (κ2) is 0.710. The van der Waals surface area contributed by atoms with Crippen LogP contribution in [-0.4, -0.2) is 12.9 Å². The van der Waals surface area contributed by atoms with Gasteiger partial charge in [-0.25, -0.2) is 0 Å². The third-order valence-corrected chi connectivity index (χ3v) is 0.667. The van der Waals surface area contributed by atoms with E-state index in [0.29, 0.717) is 0 Å². The fourth-order valence-corrected chi connectivity index (χ4v) is 0.167. The first kappa shape index (κ1) is 2.19. The molecule has 0 amide bonds. The van der Waals surface area contributed by atoms with Crippen molar-refractivity contribution in [1.29, 1.82) is 0 Å². The molecule has 0 bridgehead atoms. The average Bonchev–Trinajstić information content (AvgIpc) is 0.722. The summed E-state index contributed by atoms with van der Waals surface area (Å²) in [7, 11) is 0. The molecule has 20 valence electrons. The Labute approximate surface area is 26.7 Å². The summed E-state index contributed by atoms with van der Waals surface area (Å²) in [6.07, 6.45) is 2.64. The SMILES string of the molecule is B1=CCC1. The van der Waals surface area contributed by atoms with Crippen LogP contribution in [0.1, 0.15) is 6.42 Å². The van der Waals surface area contributed by atoms with Gasteiger partial charge in [0, 0.05) is 0 Å². The Hall–Kier alpha value is -0.0651. The van der Waals surface area contributed by atoms with Crippen molar-refractivity contribution < 1.29 is 0 Å². The van der Waals surface area contributed by atoms with E-state index < -0.39 is 0 Å². The molecule has 0 aliphatic carbocycles. The van der Waals surface area contributed by atoms with Gasteiger partial charge in [0.25, 0.3) is 0 Å². The summed E-state index contributed by atoms with van der Waals surface area (Å²) >= 11 is 0. The Morgan fingerprint density at radius 2 is 2.00 bits per heavy atom. The quantitative estimate of drug-likeness (QED) is 0.348. The fraction of sp³-hybridized carbons (Fsp3) is 0.667. The molecule has 0 radical (unpaired) electrons. The molecule has 0 saturated heterocycles. The van der Waals surface area contributed by atoms with Gasteiger partial charge in [0.15, 0.2) is 0 Å². The Kier molecular flexibility index (Phi) is 0.388. The van der Waals surface area contributed by atoms with E-state index in [4.69, 9.17) is 0 Å². The van der Waals surface area contributed by atoms with Crippen molar-refractivity contribution in [1.82, 2.24) is 0 Å². The van der Waals surface area contributed by atoms with Gasteiger partial charge >= 0.3 is 25.6 Å². The van der Waals surface area contributed by atoms with E-state index in [1.165, 1.54) is 12.7 Å². The van der Waals surface area contributed by atoms with Crippen LogP contribution in [0.25, 0.3) is 0 Å². The number of hydrogen-bond donors (Lipinski definition) is 0. The summed E-state index contributed by atoms with van der Waals surface area (Å²) in [5.41, 5.74) is 0. The van der Waals surface area contributed by atoms with E-state index in [2.05, 4.69) is 12.9 Å². The molecule has 0 atom stereocenters. The molecule has 1 aliphatic heterocycles. The van der Waals surface area contributed by atoms with Crippen LogP contribution in [0.15, 0.2) is 0 Å². The van der Waals surface area contributed by atoms with Crippen molar-refractivity contribution in [3.63, 3.8) is 0 Å². The van der Waals surface area contributed by atoms with E-state index in [1.807, 2.05) is 0 Å². The van der Waals surface area contributed by atoms with Gasteiger partial charge in [0.1, 0.15) is 0 Å². The van der Waals surface area contributed by atoms with Crippen molar-refractivity contribution in [2.75, 3.05) is 0 Å². The minimum atomic E-state index is 1.32. The fourth-order valence-electron chi connectivity index (χ4n) is 0.167. The van der Waals surface area contributed by atoms with E-state index in [1.54, 1.807) is 0 Å². The van der Waals surface area contributed by atoms with Gasteiger partial charge in [-0.05, 0) is 0 Å². The molecule has 0 fully saturated rings. The predicted octanol–water partition coefficient (Wildman–Crippen LogP) is 0.315. The Bertz CT molecular complexity index is 32.5. The topological polar surface area (TPSA) is 0 Å². The molecule has 0 aromatic heterocycles. The zero-order valence-electron chi connectivity index (χ0n) is 2.57. The molecule has 0 aromatic carbocycles. The minimum absolute atomic E-state index is 1.32. The summed E-state index contributed by atoms with van der Waals surface area (Å²) in [6, 6.07) is 0. The van der Waals surface area contributed by atoms with Crippen LogP contribution in [0.4, 0.5) is 0 Å². The van der Waals surface area contributed by atoms with Crippen molar-refractivity contribution in [2.45, 2.75) is 12.7 Å². The van der Waals surface area contributed by atoms with Crippen LogP contribution >= 0.6 is 0 Å². The molecule has 0 spiro atoms. The molecule has 0 aromatic rings. The third kappa shape index (κ3) is 0.109. The van der Waals surface area contributed by atoms with E-state index in [9.17, 15) is 0 Å². The van der Waals surface area contributed by atoms with Crippen molar-refractivity contribution in [2.24, 2.45) is 0 Å². The van der Waals surface area contributed by atoms with E-state index >= 15 is 0 Å². The number of hydrogen-bond acceptors (Lipinski definition) is 0. The standard InChI is InChI=1S/C3H5B/c1-2-4-3-1/h2H,1,3H2. The van der Waals surface area contributed by atoms with Gasteiger partial charge in [-0.3, -0.25) is 0 Å². The first-order chi connectivity index (χ1) is 2.00. The molecule has 0 nitrogen and oxygen atoms in total. The maximum atomic E-state index is 2.18. The molecule has 1 heteroatoms. The van der Waals surface area contributed by atoms with Gasteiger partial charge in [-0.15, -0.1) is 0 Å². The molecule has 0 saturated carbocycles. The van der Waals surface area contributed by atoms with Crippen molar-refractivity contribution >= 4 is 12.9 Å². The summed E-state index contributed by atoms with van der Waals surface area (Å²) < 4.78 is 0. The normalized spacial score (nSPS) is 18.0. The van der Waals surface area contributed by atoms with E-state index in [0.717, 1.165) is 0 Å². The Morgan fingerprint density at radius 3 is 2.00 bits per heavy atom. The zero-order chi connectivity index (χ0) is 2.83. The van der Waals surface area contributed by atoms with Crippen LogP contribution in [0.2, 0.25) is 6.32 Å². The molecule has 1 heterocycles. The van der Waals surface area contributed by atoms with Crippen molar-refractivity contribution in [3.05, 3.63) is 0 Å². The predicted molar refractivity (Wildman–Crippen MR) is 21.2 cm³/mol. The molecule has 0 N–H and O–H groups in total. The third-order valence-electron chi connectivity index (χ3n) is 0.667. The van der Waals surface area contributed by atoms with Crippen LogP contribution in [0.5, 0.6) is 0 Å². The van der Waals surface area contributed by atoms with Crippen LogP contribution < -0.4 is 0 Å².